The largest absolute Gasteiger partial charge is 0.345 e. The number of hydrogen-bond acceptors (Lipinski definition) is 7. The molecule has 0 aliphatic heterocycles. The van der Waals surface area contributed by atoms with Crippen molar-refractivity contribution in [2.45, 2.75) is 13.5 Å². The second-order valence-corrected chi connectivity index (χ2v) is 9.26. The fourth-order valence-corrected chi connectivity index (χ4v) is 4.15. The minimum Gasteiger partial charge on any atom is -0.345 e. The van der Waals surface area contributed by atoms with Crippen LogP contribution in [0.15, 0.2) is 40.2 Å². The van der Waals surface area contributed by atoms with Crippen molar-refractivity contribution in [3.8, 4) is 10.7 Å². The summed E-state index contributed by atoms with van der Waals surface area (Å²) in [6.07, 6.45) is 1.03. The number of benzene rings is 1. The Labute approximate surface area is 171 Å². The first kappa shape index (κ1) is 20.3. The number of hydrogen-bond donors (Lipinski definition) is 1. The van der Waals surface area contributed by atoms with Crippen LogP contribution in [0.25, 0.3) is 10.7 Å². The van der Waals surface area contributed by atoms with E-state index in [4.69, 9.17) is 16.1 Å². The molecule has 1 aromatic carbocycles. The molecular weight excluding hydrogens is 424 g/mol. The molecule has 0 bridgehead atoms. The summed E-state index contributed by atoms with van der Waals surface area (Å²) in [5.41, 5.74) is 1.03. The van der Waals surface area contributed by atoms with E-state index in [0.717, 1.165) is 15.4 Å². The lowest BCUT2D eigenvalue weighted by molar-refractivity contribution is -0.119. The fourth-order valence-electron chi connectivity index (χ4n) is 2.43. The van der Waals surface area contributed by atoms with Crippen LogP contribution in [0.3, 0.4) is 0 Å². The lowest BCUT2D eigenvalue weighted by atomic mass is 10.2. The van der Waals surface area contributed by atoms with E-state index in [0.29, 0.717) is 22.1 Å². The predicted molar refractivity (Wildman–Crippen MR) is 108 cm³/mol. The molecule has 0 fully saturated rings. The first-order chi connectivity index (χ1) is 13.2. The molecule has 0 saturated heterocycles. The standard InChI is InChI=1S/C17H17ClN4O4S2/c1-11-5-6-12(18)8-13(11)22(28(2,24)25)10-15(23)19-9-16-20-17(21-26-16)14-4-3-7-27-14/h3-8H,9-10H2,1-2H3,(H,19,23). The Morgan fingerprint density at radius 3 is 2.82 bits per heavy atom. The minimum atomic E-state index is -3.70. The molecular formula is C17H17ClN4O4S2. The fraction of sp³-hybridized carbons (Fsp3) is 0.235. The SMILES string of the molecule is Cc1ccc(Cl)cc1N(CC(=O)NCc1nc(-c2cccs2)no1)S(C)(=O)=O. The van der Waals surface area contributed by atoms with Crippen LogP contribution < -0.4 is 9.62 Å². The number of anilines is 1. The Morgan fingerprint density at radius 2 is 2.14 bits per heavy atom. The van der Waals surface area contributed by atoms with Crippen molar-refractivity contribution in [2.75, 3.05) is 17.1 Å². The number of aryl methyl sites for hydroxylation is 1. The number of carbonyl (C=O) groups is 1. The summed E-state index contributed by atoms with van der Waals surface area (Å²) in [5.74, 6) is 0.147. The summed E-state index contributed by atoms with van der Waals surface area (Å²) >= 11 is 7.45. The van der Waals surface area contributed by atoms with E-state index in [2.05, 4.69) is 15.5 Å². The maximum atomic E-state index is 12.3. The van der Waals surface area contributed by atoms with Gasteiger partial charge in [0.25, 0.3) is 0 Å². The third-order valence-electron chi connectivity index (χ3n) is 3.77. The molecule has 0 saturated carbocycles. The zero-order chi connectivity index (χ0) is 20.3. The lowest BCUT2D eigenvalue weighted by Gasteiger charge is -2.23. The molecule has 28 heavy (non-hydrogen) atoms. The average Bonchev–Trinajstić information content (AvgIpc) is 3.30. The molecule has 0 radical (unpaired) electrons. The Morgan fingerprint density at radius 1 is 1.36 bits per heavy atom. The summed E-state index contributed by atoms with van der Waals surface area (Å²) in [6, 6.07) is 8.58. The minimum absolute atomic E-state index is 0.0106. The molecule has 3 rings (SSSR count). The Bertz CT molecular complexity index is 1080. The predicted octanol–water partition coefficient (Wildman–Crippen LogP) is 2.84. The van der Waals surface area contributed by atoms with Gasteiger partial charge >= 0.3 is 0 Å². The molecule has 2 aromatic heterocycles. The highest BCUT2D eigenvalue weighted by Gasteiger charge is 2.23. The molecule has 0 unspecified atom stereocenters. The third-order valence-corrected chi connectivity index (χ3v) is 6.00. The highest BCUT2D eigenvalue weighted by Crippen LogP contribution is 2.26. The van der Waals surface area contributed by atoms with Gasteiger partial charge < -0.3 is 9.84 Å². The van der Waals surface area contributed by atoms with Crippen LogP contribution in [0.5, 0.6) is 0 Å². The number of halogens is 1. The van der Waals surface area contributed by atoms with Crippen molar-refractivity contribution in [3.63, 3.8) is 0 Å². The first-order valence-electron chi connectivity index (χ1n) is 8.11. The number of aromatic nitrogens is 2. The van der Waals surface area contributed by atoms with E-state index >= 15 is 0 Å². The number of carbonyl (C=O) groups excluding carboxylic acids is 1. The Balaban J connectivity index is 1.69. The van der Waals surface area contributed by atoms with Gasteiger partial charge in [-0.2, -0.15) is 4.98 Å². The number of thiophene rings is 1. The van der Waals surface area contributed by atoms with Crippen molar-refractivity contribution in [3.05, 3.63) is 52.2 Å². The van der Waals surface area contributed by atoms with Gasteiger partial charge in [0.05, 0.1) is 23.4 Å². The highest BCUT2D eigenvalue weighted by atomic mass is 35.5. The monoisotopic (exact) mass is 440 g/mol. The normalized spacial score (nSPS) is 11.4. The van der Waals surface area contributed by atoms with Crippen LogP contribution in [0.2, 0.25) is 5.02 Å². The van der Waals surface area contributed by atoms with Crippen LogP contribution in [-0.2, 0) is 21.4 Å². The average molecular weight is 441 g/mol. The van der Waals surface area contributed by atoms with Gasteiger partial charge in [-0.15, -0.1) is 11.3 Å². The summed E-state index contributed by atoms with van der Waals surface area (Å²) in [5, 5.41) is 8.72. The maximum absolute atomic E-state index is 12.3. The van der Waals surface area contributed by atoms with Crippen molar-refractivity contribution >= 4 is 44.6 Å². The number of amides is 1. The van der Waals surface area contributed by atoms with Gasteiger partial charge in [0.1, 0.15) is 6.54 Å². The van der Waals surface area contributed by atoms with Gasteiger partial charge in [0, 0.05) is 5.02 Å². The van der Waals surface area contributed by atoms with E-state index in [-0.39, 0.29) is 12.4 Å². The van der Waals surface area contributed by atoms with Crippen molar-refractivity contribution in [1.82, 2.24) is 15.5 Å². The van der Waals surface area contributed by atoms with Crippen LogP contribution in [0.4, 0.5) is 5.69 Å². The van der Waals surface area contributed by atoms with Gasteiger partial charge in [-0.1, -0.05) is 28.9 Å². The van der Waals surface area contributed by atoms with E-state index in [1.54, 1.807) is 19.1 Å². The number of nitrogens with zero attached hydrogens (tertiary/aromatic N) is 3. The van der Waals surface area contributed by atoms with Crippen LogP contribution >= 0.6 is 22.9 Å². The number of rotatable bonds is 7. The number of nitrogens with one attached hydrogen (secondary N) is 1. The Kier molecular flexibility index (Phi) is 6.01. The summed E-state index contributed by atoms with van der Waals surface area (Å²) < 4.78 is 30.5. The smallest absolute Gasteiger partial charge is 0.246 e. The molecule has 0 spiro atoms. The molecule has 1 amide bonds. The van der Waals surface area contributed by atoms with Gasteiger partial charge in [-0.3, -0.25) is 9.10 Å². The maximum Gasteiger partial charge on any atom is 0.246 e. The van der Waals surface area contributed by atoms with Gasteiger partial charge in [0.15, 0.2) is 0 Å². The molecule has 3 aromatic rings. The van der Waals surface area contributed by atoms with Gasteiger partial charge in [-0.25, -0.2) is 8.42 Å². The molecule has 11 heteroatoms. The van der Waals surface area contributed by atoms with Crippen LogP contribution in [-0.4, -0.2) is 37.3 Å². The van der Waals surface area contributed by atoms with E-state index in [1.165, 1.54) is 17.4 Å². The zero-order valence-electron chi connectivity index (χ0n) is 15.0. The number of sulfonamides is 1. The van der Waals surface area contributed by atoms with Crippen LogP contribution in [0.1, 0.15) is 11.5 Å². The molecule has 148 valence electrons. The van der Waals surface area contributed by atoms with Crippen LogP contribution in [0, 0.1) is 6.92 Å². The second kappa shape index (κ2) is 8.29. The van der Waals surface area contributed by atoms with Crippen molar-refractivity contribution in [1.29, 1.82) is 0 Å². The van der Waals surface area contributed by atoms with E-state index < -0.39 is 22.5 Å². The lowest BCUT2D eigenvalue weighted by Crippen LogP contribution is -2.40. The first-order valence-corrected chi connectivity index (χ1v) is 11.2. The topological polar surface area (TPSA) is 105 Å². The van der Waals surface area contributed by atoms with Crippen molar-refractivity contribution < 1.29 is 17.7 Å². The third kappa shape index (κ3) is 4.89. The molecule has 8 nitrogen and oxygen atoms in total. The quantitative estimate of drug-likeness (QED) is 0.605. The summed E-state index contributed by atoms with van der Waals surface area (Å²) in [6.45, 7) is 1.33. The second-order valence-electron chi connectivity index (χ2n) is 5.97. The van der Waals surface area contributed by atoms with Gasteiger partial charge in [0.2, 0.25) is 27.6 Å². The zero-order valence-corrected chi connectivity index (χ0v) is 17.4. The summed E-state index contributed by atoms with van der Waals surface area (Å²) in [4.78, 5) is 17.4. The molecule has 2 heterocycles. The molecule has 0 aliphatic carbocycles. The van der Waals surface area contributed by atoms with Crippen molar-refractivity contribution in [2.24, 2.45) is 0 Å². The molecule has 0 aliphatic rings. The molecule has 1 N–H and O–H groups in total. The highest BCUT2D eigenvalue weighted by molar-refractivity contribution is 7.92. The van der Waals surface area contributed by atoms with E-state index in [9.17, 15) is 13.2 Å². The van der Waals surface area contributed by atoms with Gasteiger partial charge in [-0.05, 0) is 36.1 Å². The Hall–Kier alpha value is -2.43. The van der Waals surface area contributed by atoms with E-state index in [1.807, 2.05) is 17.5 Å². The molecule has 0 atom stereocenters. The summed E-state index contributed by atoms with van der Waals surface area (Å²) in [7, 11) is -3.70.